The summed E-state index contributed by atoms with van der Waals surface area (Å²) in [5.41, 5.74) is 9.14. The molecule has 0 aliphatic carbocycles. The third-order valence-electron chi connectivity index (χ3n) is 6.95. The summed E-state index contributed by atoms with van der Waals surface area (Å²) in [5, 5.41) is 2.17. The number of nitrogens with zero attached hydrogens (tertiary/aromatic N) is 2. The Morgan fingerprint density at radius 1 is 0.971 bits per heavy atom. The molecule has 0 fully saturated rings. The molecule has 6 nitrogen and oxygen atoms in total. The second-order valence-corrected chi connectivity index (χ2v) is 9.90. The topological polar surface area (TPSA) is 83.7 Å². The van der Waals surface area contributed by atoms with Gasteiger partial charge >= 0.3 is 0 Å². The standard InChI is InChI=1S/C29H33N3O3/c1-18(2)15-27(33)31-17-24(20(4)28(30)34)29(35)32(26-12-8-7-11-25(26)31)16-23-19(3)13-14-21-9-5-6-10-22(21)23/h5-14,18,20,24H,15-17H2,1-4H3,(H2,30,34)/t20?,24-/m1/s1. The molecule has 2 atom stereocenters. The molecule has 0 aromatic heterocycles. The molecule has 3 amide bonds. The lowest BCUT2D eigenvalue weighted by atomic mass is 9.91. The highest BCUT2D eigenvalue weighted by atomic mass is 16.2. The van der Waals surface area contributed by atoms with Gasteiger partial charge in [0.15, 0.2) is 0 Å². The number of aryl methyl sites for hydroxylation is 1. The molecular weight excluding hydrogens is 438 g/mol. The number of carbonyl (C=O) groups excluding carboxylic acids is 3. The molecule has 1 aliphatic heterocycles. The lowest BCUT2D eigenvalue weighted by molar-refractivity contribution is -0.131. The van der Waals surface area contributed by atoms with Crippen molar-refractivity contribution >= 4 is 39.9 Å². The van der Waals surface area contributed by atoms with Gasteiger partial charge in [-0.15, -0.1) is 0 Å². The van der Waals surface area contributed by atoms with Gasteiger partial charge in [0.25, 0.3) is 0 Å². The predicted molar refractivity (Wildman–Crippen MR) is 140 cm³/mol. The van der Waals surface area contributed by atoms with Crippen molar-refractivity contribution in [1.29, 1.82) is 0 Å². The van der Waals surface area contributed by atoms with E-state index in [2.05, 4.69) is 24.3 Å². The van der Waals surface area contributed by atoms with E-state index in [1.807, 2.05) is 57.2 Å². The van der Waals surface area contributed by atoms with Crippen LogP contribution in [-0.4, -0.2) is 24.3 Å². The van der Waals surface area contributed by atoms with Crippen LogP contribution < -0.4 is 15.5 Å². The summed E-state index contributed by atoms with van der Waals surface area (Å²) in [6.45, 7) is 8.15. The molecule has 182 valence electrons. The van der Waals surface area contributed by atoms with Crippen molar-refractivity contribution < 1.29 is 14.4 Å². The quantitative estimate of drug-likeness (QED) is 0.560. The number of para-hydroxylation sites is 2. The molecule has 1 unspecified atom stereocenters. The summed E-state index contributed by atoms with van der Waals surface area (Å²) in [5.74, 6) is -2.11. The van der Waals surface area contributed by atoms with Gasteiger partial charge in [-0.2, -0.15) is 0 Å². The molecule has 0 saturated carbocycles. The van der Waals surface area contributed by atoms with Crippen LogP contribution in [0.3, 0.4) is 0 Å². The van der Waals surface area contributed by atoms with Crippen molar-refractivity contribution in [2.24, 2.45) is 23.5 Å². The lowest BCUT2D eigenvalue weighted by Crippen LogP contribution is -2.45. The van der Waals surface area contributed by atoms with Crippen LogP contribution in [0.2, 0.25) is 0 Å². The Kier molecular flexibility index (Phi) is 6.92. The van der Waals surface area contributed by atoms with Gasteiger partial charge in [0.2, 0.25) is 17.7 Å². The van der Waals surface area contributed by atoms with Crippen LogP contribution in [0.1, 0.15) is 38.3 Å². The highest BCUT2D eigenvalue weighted by molar-refractivity contribution is 6.07. The van der Waals surface area contributed by atoms with Crippen LogP contribution in [-0.2, 0) is 20.9 Å². The second-order valence-electron chi connectivity index (χ2n) is 9.90. The molecule has 0 spiro atoms. The normalized spacial score (nSPS) is 16.8. The van der Waals surface area contributed by atoms with E-state index in [-0.39, 0.29) is 24.3 Å². The fraction of sp³-hybridized carbons (Fsp3) is 0.345. The molecular formula is C29H33N3O3. The first-order valence-electron chi connectivity index (χ1n) is 12.2. The Labute approximate surface area is 206 Å². The number of nitrogens with two attached hydrogens (primary N) is 1. The van der Waals surface area contributed by atoms with Crippen molar-refractivity contribution in [2.75, 3.05) is 16.3 Å². The van der Waals surface area contributed by atoms with Crippen LogP contribution in [0.5, 0.6) is 0 Å². The smallest absolute Gasteiger partial charge is 0.233 e. The highest BCUT2D eigenvalue weighted by Gasteiger charge is 2.40. The SMILES string of the molecule is Cc1ccc2ccccc2c1CN1C(=O)[C@@H](C(C)C(N)=O)CN(C(=O)CC(C)C)c2ccccc21. The Morgan fingerprint density at radius 3 is 2.31 bits per heavy atom. The summed E-state index contributed by atoms with van der Waals surface area (Å²) in [4.78, 5) is 43.1. The molecule has 35 heavy (non-hydrogen) atoms. The Hall–Kier alpha value is -3.67. The first kappa shape index (κ1) is 24.5. The van der Waals surface area contributed by atoms with Gasteiger partial charge in [0.05, 0.1) is 23.8 Å². The first-order valence-corrected chi connectivity index (χ1v) is 12.2. The third-order valence-corrected chi connectivity index (χ3v) is 6.95. The average molecular weight is 472 g/mol. The van der Waals surface area contributed by atoms with Gasteiger partial charge in [0.1, 0.15) is 0 Å². The summed E-state index contributed by atoms with van der Waals surface area (Å²) in [6, 6.07) is 19.8. The number of rotatable bonds is 6. The Bertz CT molecular complexity index is 1280. The second kappa shape index (κ2) is 9.90. The monoisotopic (exact) mass is 471 g/mol. The van der Waals surface area contributed by atoms with Gasteiger partial charge in [0, 0.05) is 18.9 Å². The largest absolute Gasteiger partial charge is 0.369 e. The molecule has 3 aromatic rings. The molecule has 1 aliphatic rings. The molecule has 0 radical (unpaired) electrons. The molecule has 0 saturated heterocycles. The fourth-order valence-electron chi connectivity index (χ4n) is 4.85. The zero-order valence-electron chi connectivity index (χ0n) is 20.8. The van der Waals surface area contributed by atoms with Crippen LogP contribution in [0, 0.1) is 24.7 Å². The first-order chi connectivity index (χ1) is 16.7. The number of hydrogen-bond donors (Lipinski definition) is 1. The van der Waals surface area contributed by atoms with Crippen LogP contribution in [0.15, 0.2) is 60.7 Å². The van der Waals surface area contributed by atoms with Gasteiger partial charge in [-0.25, -0.2) is 0 Å². The molecule has 4 rings (SSSR count). The zero-order chi connectivity index (χ0) is 25.3. The number of fused-ring (bicyclic) bond motifs is 2. The third kappa shape index (κ3) is 4.78. The van der Waals surface area contributed by atoms with E-state index in [4.69, 9.17) is 5.73 Å². The van der Waals surface area contributed by atoms with Crippen LogP contribution in [0.4, 0.5) is 11.4 Å². The van der Waals surface area contributed by atoms with E-state index in [1.165, 1.54) is 0 Å². The van der Waals surface area contributed by atoms with Crippen molar-refractivity contribution in [3.8, 4) is 0 Å². The van der Waals surface area contributed by atoms with Crippen molar-refractivity contribution in [2.45, 2.75) is 40.7 Å². The minimum atomic E-state index is -0.744. The van der Waals surface area contributed by atoms with E-state index in [9.17, 15) is 14.4 Å². The van der Waals surface area contributed by atoms with Crippen LogP contribution in [0.25, 0.3) is 10.8 Å². The van der Waals surface area contributed by atoms with Crippen molar-refractivity contribution in [3.63, 3.8) is 0 Å². The number of amides is 3. The summed E-state index contributed by atoms with van der Waals surface area (Å²) in [7, 11) is 0. The average Bonchev–Trinajstić information content (AvgIpc) is 2.94. The number of anilines is 2. The molecule has 1 heterocycles. The molecule has 6 heteroatoms. The van der Waals surface area contributed by atoms with E-state index in [0.29, 0.717) is 24.3 Å². The maximum atomic E-state index is 14.1. The molecule has 2 N–H and O–H groups in total. The lowest BCUT2D eigenvalue weighted by Gasteiger charge is -2.28. The van der Waals surface area contributed by atoms with Gasteiger partial charge < -0.3 is 15.5 Å². The minimum Gasteiger partial charge on any atom is -0.369 e. The van der Waals surface area contributed by atoms with Gasteiger partial charge in [-0.3, -0.25) is 14.4 Å². The summed E-state index contributed by atoms with van der Waals surface area (Å²) in [6.07, 6.45) is 0.350. The minimum absolute atomic E-state index is 0.0647. The highest BCUT2D eigenvalue weighted by Crippen LogP contribution is 2.38. The molecule has 0 bridgehead atoms. The number of carbonyl (C=O) groups is 3. The van der Waals surface area contributed by atoms with E-state index in [1.54, 1.807) is 16.7 Å². The van der Waals surface area contributed by atoms with E-state index >= 15 is 0 Å². The number of benzene rings is 3. The van der Waals surface area contributed by atoms with E-state index < -0.39 is 17.7 Å². The molecule has 3 aromatic carbocycles. The zero-order valence-corrected chi connectivity index (χ0v) is 20.8. The maximum absolute atomic E-state index is 14.1. The number of primary amides is 1. The fourth-order valence-corrected chi connectivity index (χ4v) is 4.85. The summed E-state index contributed by atoms with van der Waals surface area (Å²) < 4.78 is 0. The van der Waals surface area contributed by atoms with Crippen molar-refractivity contribution in [3.05, 3.63) is 71.8 Å². The van der Waals surface area contributed by atoms with Crippen LogP contribution >= 0.6 is 0 Å². The predicted octanol–water partition coefficient (Wildman–Crippen LogP) is 4.81. The van der Waals surface area contributed by atoms with Gasteiger partial charge in [-0.05, 0) is 46.9 Å². The summed E-state index contributed by atoms with van der Waals surface area (Å²) >= 11 is 0. The van der Waals surface area contributed by atoms with E-state index in [0.717, 1.165) is 21.9 Å². The number of hydrogen-bond acceptors (Lipinski definition) is 3. The Balaban J connectivity index is 1.88. The maximum Gasteiger partial charge on any atom is 0.233 e. The van der Waals surface area contributed by atoms with Gasteiger partial charge in [-0.1, -0.05) is 69.3 Å². The Morgan fingerprint density at radius 2 is 1.63 bits per heavy atom. The van der Waals surface area contributed by atoms with Crippen molar-refractivity contribution in [1.82, 2.24) is 0 Å².